The molecule has 1 aromatic carbocycles. The maximum absolute atomic E-state index is 12.5. The van der Waals surface area contributed by atoms with Crippen molar-refractivity contribution in [2.24, 2.45) is 0 Å². The van der Waals surface area contributed by atoms with Crippen molar-refractivity contribution >= 4 is 28.5 Å². The summed E-state index contributed by atoms with van der Waals surface area (Å²) >= 11 is 1.20. The van der Waals surface area contributed by atoms with Crippen LogP contribution in [0.3, 0.4) is 0 Å². The second-order valence-corrected chi connectivity index (χ2v) is 7.94. The predicted octanol–water partition coefficient (Wildman–Crippen LogP) is 2.62. The number of anilines is 1. The third-order valence-electron chi connectivity index (χ3n) is 4.45. The van der Waals surface area contributed by atoms with Gasteiger partial charge in [-0.2, -0.15) is 4.37 Å². The summed E-state index contributed by atoms with van der Waals surface area (Å²) in [4.78, 5) is 30.3. The molecule has 1 saturated heterocycles. The zero-order valence-corrected chi connectivity index (χ0v) is 16.7. The molecule has 2 N–H and O–H groups in total. The van der Waals surface area contributed by atoms with Gasteiger partial charge in [-0.25, -0.2) is 4.98 Å². The summed E-state index contributed by atoms with van der Waals surface area (Å²) in [6.07, 6.45) is 0.953. The molecule has 7 nitrogen and oxygen atoms in total. The van der Waals surface area contributed by atoms with Gasteiger partial charge in [-0.1, -0.05) is 26.0 Å². The van der Waals surface area contributed by atoms with Gasteiger partial charge in [-0.3, -0.25) is 19.8 Å². The fraction of sp³-hybridized carbons (Fsp3) is 0.474. The summed E-state index contributed by atoms with van der Waals surface area (Å²) < 4.78 is 4.26. The first-order chi connectivity index (χ1) is 12.9. The summed E-state index contributed by atoms with van der Waals surface area (Å²) in [6.45, 7) is 8.11. The van der Waals surface area contributed by atoms with Gasteiger partial charge in [0.05, 0.1) is 0 Å². The van der Waals surface area contributed by atoms with Crippen LogP contribution in [-0.2, 0) is 11.3 Å². The van der Waals surface area contributed by atoms with E-state index in [0.717, 1.165) is 37.4 Å². The predicted molar refractivity (Wildman–Crippen MR) is 106 cm³/mol. The van der Waals surface area contributed by atoms with Crippen LogP contribution in [0.4, 0.5) is 5.13 Å². The molecule has 144 valence electrons. The van der Waals surface area contributed by atoms with Crippen LogP contribution < -0.4 is 10.6 Å². The van der Waals surface area contributed by atoms with Crippen molar-refractivity contribution in [3.05, 3.63) is 41.2 Å². The highest BCUT2D eigenvalue weighted by Gasteiger charge is 2.23. The zero-order chi connectivity index (χ0) is 19.4. The van der Waals surface area contributed by atoms with E-state index in [1.807, 2.05) is 32.0 Å². The van der Waals surface area contributed by atoms with Crippen LogP contribution in [0, 0.1) is 0 Å². The van der Waals surface area contributed by atoms with Crippen LogP contribution in [0.5, 0.6) is 0 Å². The number of aromatic nitrogens is 2. The number of carbonyl (C=O) groups excluding carboxylic acids is 2. The minimum atomic E-state index is -0.180. The summed E-state index contributed by atoms with van der Waals surface area (Å²) in [7, 11) is 0. The van der Waals surface area contributed by atoms with Crippen LogP contribution in [0.25, 0.3) is 0 Å². The van der Waals surface area contributed by atoms with Crippen LogP contribution in [0.1, 0.15) is 54.9 Å². The maximum Gasteiger partial charge on any atom is 0.257 e. The molecule has 0 bridgehead atoms. The Morgan fingerprint density at radius 1 is 1.37 bits per heavy atom. The summed E-state index contributed by atoms with van der Waals surface area (Å²) in [5.41, 5.74) is 1.68. The maximum atomic E-state index is 12.5. The van der Waals surface area contributed by atoms with Crippen molar-refractivity contribution in [2.45, 2.75) is 45.7 Å². The highest BCUT2D eigenvalue weighted by molar-refractivity contribution is 7.09. The lowest BCUT2D eigenvalue weighted by Crippen LogP contribution is -2.35. The van der Waals surface area contributed by atoms with E-state index in [-0.39, 0.29) is 23.8 Å². The van der Waals surface area contributed by atoms with E-state index in [1.54, 1.807) is 13.0 Å². The molecule has 0 radical (unpaired) electrons. The minimum absolute atomic E-state index is 0.0119. The number of rotatable bonds is 6. The Morgan fingerprint density at radius 2 is 2.19 bits per heavy atom. The van der Waals surface area contributed by atoms with Crippen LogP contribution >= 0.6 is 11.5 Å². The molecule has 0 unspecified atom stereocenters. The number of amides is 2. The number of benzene rings is 1. The second kappa shape index (κ2) is 8.58. The molecule has 1 aliphatic rings. The van der Waals surface area contributed by atoms with Gasteiger partial charge < -0.3 is 5.32 Å². The Morgan fingerprint density at radius 3 is 2.89 bits per heavy atom. The van der Waals surface area contributed by atoms with Gasteiger partial charge in [0.1, 0.15) is 5.82 Å². The van der Waals surface area contributed by atoms with Gasteiger partial charge in [-0.05, 0) is 24.1 Å². The molecule has 0 spiro atoms. The van der Waals surface area contributed by atoms with Crippen molar-refractivity contribution in [3.63, 3.8) is 0 Å². The van der Waals surface area contributed by atoms with Crippen LogP contribution in [0.2, 0.25) is 0 Å². The lowest BCUT2D eigenvalue weighted by molar-refractivity contribution is -0.119. The van der Waals surface area contributed by atoms with Crippen LogP contribution in [-0.4, -0.2) is 45.2 Å². The number of carbonyl (C=O) groups is 2. The largest absolute Gasteiger partial charge is 0.352 e. The van der Waals surface area contributed by atoms with Crippen molar-refractivity contribution in [1.29, 1.82) is 0 Å². The van der Waals surface area contributed by atoms with E-state index in [2.05, 4.69) is 24.9 Å². The lowest BCUT2D eigenvalue weighted by Gasteiger charge is -2.16. The molecule has 2 amide bonds. The van der Waals surface area contributed by atoms with E-state index >= 15 is 0 Å². The van der Waals surface area contributed by atoms with Crippen molar-refractivity contribution in [2.75, 3.05) is 18.4 Å². The van der Waals surface area contributed by atoms with Gasteiger partial charge in [0.15, 0.2) is 0 Å². The minimum Gasteiger partial charge on any atom is -0.352 e. The smallest absolute Gasteiger partial charge is 0.257 e. The zero-order valence-electron chi connectivity index (χ0n) is 15.9. The van der Waals surface area contributed by atoms with Gasteiger partial charge in [0.2, 0.25) is 11.0 Å². The average Bonchev–Trinajstić information content (AvgIpc) is 3.24. The summed E-state index contributed by atoms with van der Waals surface area (Å²) in [5, 5.41) is 6.32. The molecule has 2 aromatic rings. The summed E-state index contributed by atoms with van der Waals surface area (Å²) in [5.74, 6) is 0.808. The SMILES string of the molecule is CC(=O)N[C@H]1CCN(Cc2cccc(C(=O)Nc3nc(C(C)C)ns3)c2)C1. The first-order valence-corrected chi connectivity index (χ1v) is 9.91. The molecule has 1 aliphatic heterocycles. The van der Waals surface area contributed by atoms with Crippen molar-refractivity contribution in [1.82, 2.24) is 19.6 Å². The highest BCUT2D eigenvalue weighted by Crippen LogP contribution is 2.19. The molecular weight excluding hydrogens is 362 g/mol. The van der Waals surface area contributed by atoms with E-state index in [1.165, 1.54) is 11.5 Å². The number of nitrogens with zero attached hydrogens (tertiary/aromatic N) is 3. The molecule has 2 heterocycles. The third kappa shape index (κ3) is 5.33. The first-order valence-electron chi connectivity index (χ1n) is 9.14. The third-order valence-corrected chi connectivity index (χ3v) is 5.10. The Labute approximate surface area is 163 Å². The molecule has 0 saturated carbocycles. The molecule has 1 aromatic heterocycles. The van der Waals surface area contributed by atoms with E-state index < -0.39 is 0 Å². The highest BCUT2D eigenvalue weighted by atomic mass is 32.1. The number of likely N-dealkylation sites (tertiary alicyclic amines) is 1. The topological polar surface area (TPSA) is 87.2 Å². The molecule has 0 aliphatic carbocycles. The standard InChI is InChI=1S/C19H25N5O2S/c1-12(2)17-21-19(27-23-17)22-18(26)15-6-4-5-14(9-15)10-24-8-7-16(11-24)20-13(3)25/h4-6,9,12,16H,7-8,10-11H2,1-3H3,(H,20,25)(H,21,22,23,26)/t16-/m0/s1. The van der Waals surface area contributed by atoms with E-state index in [0.29, 0.717) is 10.7 Å². The fourth-order valence-corrected chi connectivity index (χ4v) is 3.84. The number of hydrogen-bond acceptors (Lipinski definition) is 6. The van der Waals surface area contributed by atoms with Crippen LogP contribution in [0.15, 0.2) is 24.3 Å². The average molecular weight is 388 g/mol. The first kappa shape index (κ1) is 19.4. The van der Waals surface area contributed by atoms with E-state index in [9.17, 15) is 9.59 Å². The lowest BCUT2D eigenvalue weighted by atomic mass is 10.1. The molecule has 1 atom stereocenters. The second-order valence-electron chi connectivity index (χ2n) is 7.19. The molecule has 27 heavy (non-hydrogen) atoms. The molecule has 8 heteroatoms. The van der Waals surface area contributed by atoms with E-state index in [4.69, 9.17) is 0 Å². The monoisotopic (exact) mass is 387 g/mol. The van der Waals surface area contributed by atoms with Gasteiger partial charge in [-0.15, -0.1) is 0 Å². The van der Waals surface area contributed by atoms with Gasteiger partial charge >= 0.3 is 0 Å². The van der Waals surface area contributed by atoms with Gasteiger partial charge in [0.25, 0.3) is 5.91 Å². The molecular formula is C19H25N5O2S. The number of nitrogens with one attached hydrogen (secondary N) is 2. The fourth-order valence-electron chi connectivity index (χ4n) is 3.14. The molecule has 1 fully saturated rings. The van der Waals surface area contributed by atoms with Crippen molar-refractivity contribution < 1.29 is 9.59 Å². The normalized spacial score (nSPS) is 17.3. The summed E-state index contributed by atoms with van der Waals surface area (Å²) in [6, 6.07) is 7.83. The number of hydrogen-bond donors (Lipinski definition) is 2. The Balaban J connectivity index is 1.59. The Bertz CT molecular complexity index is 820. The Kier molecular flexibility index (Phi) is 6.18. The van der Waals surface area contributed by atoms with Crippen molar-refractivity contribution in [3.8, 4) is 0 Å². The molecule has 3 rings (SSSR count). The quantitative estimate of drug-likeness (QED) is 0.796. The Hall–Kier alpha value is -2.32. The van der Waals surface area contributed by atoms with Gasteiger partial charge in [0, 0.05) is 55.6 Å².